The van der Waals surface area contributed by atoms with Crippen molar-refractivity contribution in [1.82, 2.24) is 20.0 Å². The summed E-state index contributed by atoms with van der Waals surface area (Å²) in [5, 5.41) is 2.90. The molecule has 9 heteroatoms. The van der Waals surface area contributed by atoms with Crippen LogP contribution >= 0.6 is 12.4 Å². The van der Waals surface area contributed by atoms with Gasteiger partial charge in [-0.15, -0.1) is 12.4 Å². The van der Waals surface area contributed by atoms with Crippen molar-refractivity contribution in [1.29, 1.82) is 0 Å². The van der Waals surface area contributed by atoms with E-state index < -0.39 is 9.84 Å². The molecule has 0 radical (unpaired) electrons. The first-order valence-electron chi connectivity index (χ1n) is 10.7. The maximum absolute atomic E-state index is 12.1. The maximum atomic E-state index is 12.1. The zero-order valence-electron chi connectivity index (χ0n) is 18.0. The van der Waals surface area contributed by atoms with Gasteiger partial charge < -0.3 is 10.2 Å². The third kappa shape index (κ3) is 6.57. The van der Waals surface area contributed by atoms with Crippen LogP contribution in [0.4, 0.5) is 4.79 Å². The molecule has 0 aliphatic carbocycles. The number of urea groups is 1. The van der Waals surface area contributed by atoms with Gasteiger partial charge in [-0.3, -0.25) is 9.80 Å². The number of amides is 2. The Hall–Kier alpha value is -1.35. The molecule has 1 N–H and O–H groups in total. The summed E-state index contributed by atoms with van der Waals surface area (Å²) >= 11 is 0. The average Bonchev–Trinajstić information content (AvgIpc) is 2.95. The molecule has 7 nitrogen and oxygen atoms in total. The predicted molar refractivity (Wildman–Crippen MR) is 122 cm³/mol. The fraction of sp³-hybridized carbons (Fsp3) is 0.667. The summed E-state index contributed by atoms with van der Waals surface area (Å²) in [7, 11) is -3.20. The second-order valence-electron chi connectivity index (χ2n) is 8.10. The van der Waals surface area contributed by atoms with E-state index in [0.717, 1.165) is 64.1 Å². The Labute approximate surface area is 187 Å². The summed E-state index contributed by atoms with van der Waals surface area (Å²) in [5.74, 6) is 0. The van der Waals surface area contributed by atoms with E-state index in [-0.39, 0.29) is 18.4 Å². The van der Waals surface area contributed by atoms with E-state index in [1.807, 2.05) is 24.0 Å². The summed E-state index contributed by atoms with van der Waals surface area (Å²) in [6.07, 6.45) is 4.46. The van der Waals surface area contributed by atoms with Crippen molar-refractivity contribution in [3.05, 3.63) is 29.8 Å². The molecule has 2 aliphatic rings. The number of benzene rings is 1. The zero-order chi connectivity index (χ0) is 20.9. The van der Waals surface area contributed by atoms with Crippen molar-refractivity contribution in [2.24, 2.45) is 0 Å². The van der Waals surface area contributed by atoms with E-state index in [4.69, 9.17) is 0 Å². The van der Waals surface area contributed by atoms with Crippen LogP contribution in [0.2, 0.25) is 0 Å². The first-order valence-corrected chi connectivity index (χ1v) is 12.5. The third-order valence-corrected chi connectivity index (χ3v) is 7.18. The molecule has 0 aromatic heterocycles. The van der Waals surface area contributed by atoms with Crippen LogP contribution < -0.4 is 5.32 Å². The fourth-order valence-electron chi connectivity index (χ4n) is 4.45. The second kappa shape index (κ2) is 11.3. The molecular weight excluding hydrogens is 424 g/mol. The van der Waals surface area contributed by atoms with E-state index in [9.17, 15) is 13.2 Å². The van der Waals surface area contributed by atoms with E-state index in [1.54, 1.807) is 12.1 Å². The molecule has 1 aromatic carbocycles. The van der Waals surface area contributed by atoms with Gasteiger partial charge in [-0.25, -0.2) is 13.2 Å². The molecule has 30 heavy (non-hydrogen) atoms. The molecule has 0 saturated carbocycles. The normalized spacial score (nSPS) is 19.7. The van der Waals surface area contributed by atoms with Gasteiger partial charge in [0.25, 0.3) is 0 Å². The molecule has 0 spiro atoms. The molecule has 0 bridgehead atoms. The van der Waals surface area contributed by atoms with E-state index in [0.29, 0.717) is 24.0 Å². The molecule has 0 atom stereocenters. The topological polar surface area (TPSA) is 73.0 Å². The zero-order valence-corrected chi connectivity index (χ0v) is 19.7. The highest BCUT2D eigenvalue weighted by atomic mass is 35.5. The molecule has 2 amide bonds. The van der Waals surface area contributed by atoms with Crippen LogP contribution in [0.15, 0.2) is 29.2 Å². The van der Waals surface area contributed by atoms with Crippen molar-refractivity contribution in [2.45, 2.75) is 43.7 Å². The third-order valence-electron chi connectivity index (χ3n) is 5.99. The number of carbonyl (C=O) groups excluding carboxylic acids is 1. The lowest BCUT2D eigenvalue weighted by Gasteiger charge is -2.38. The van der Waals surface area contributed by atoms with Gasteiger partial charge in [0.15, 0.2) is 9.84 Å². The number of likely N-dealkylation sites (tertiary alicyclic amines) is 1. The van der Waals surface area contributed by atoms with Gasteiger partial charge in [0, 0.05) is 51.6 Å². The Morgan fingerprint density at radius 2 is 1.77 bits per heavy atom. The monoisotopic (exact) mass is 458 g/mol. The summed E-state index contributed by atoms with van der Waals surface area (Å²) in [6, 6.07) is 7.92. The standard InChI is InChI=1S/C21H34N4O3S.ClH/c1-3-22-21(26)25-12-6-11-24(15-16-25)19-9-13-23(14-10-19)17-18-7-4-5-8-20(18)29(2,27)28;/h4-5,7-8,19H,3,6,9-17H2,1-2H3,(H,22,26);1H. The number of carbonyl (C=O) groups is 1. The van der Waals surface area contributed by atoms with Gasteiger partial charge in [-0.1, -0.05) is 18.2 Å². The number of sulfone groups is 1. The second-order valence-corrected chi connectivity index (χ2v) is 10.1. The van der Waals surface area contributed by atoms with Crippen LogP contribution in [0.1, 0.15) is 31.7 Å². The number of rotatable bonds is 5. The van der Waals surface area contributed by atoms with Crippen molar-refractivity contribution >= 4 is 28.3 Å². The number of piperidine rings is 1. The largest absolute Gasteiger partial charge is 0.338 e. The quantitative estimate of drug-likeness (QED) is 0.732. The fourth-order valence-corrected chi connectivity index (χ4v) is 5.38. The number of nitrogens with one attached hydrogen (secondary N) is 1. The predicted octanol–water partition coefficient (Wildman–Crippen LogP) is 2.21. The highest BCUT2D eigenvalue weighted by Crippen LogP contribution is 2.22. The highest BCUT2D eigenvalue weighted by molar-refractivity contribution is 7.90. The Kier molecular flexibility index (Phi) is 9.40. The maximum Gasteiger partial charge on any atom is 0.317 e. The van der Waals surface area contributed by atoms with Crippen molar-refractivity contribution in [3.8, 4) is 0 Å². The number of hydrogen-bond acceptors (Lipinski definition) is 5. The van der Waals surface area contributed by atoms with Crippen LogP contribution in [0.5, 0.6) is 0 Å². The highest BCUT2D eigenvalue weighted by Gasteiger charge is 2.28. The Morgan fingerprint density at radius 1 is 1.07 bits per heavy atom. The van der Waals surface area contributed by atoms with Crippen molar-refractivity contribution in [2.75, 3.05) is 52.1 Å². The van der Waals surface area contributed by atoms with Gasteiger partial charge >= 0.3 is 6.03 Å². The van der Waals surface area contributed by atoms with Crippen LogP contribution in [-0.2, 0) is 16.4 Å². The summed E-state index contributed by atoms with van der Waals surface area (Å²) in [5.41, 5.74) is 0.890. The van der Waals surface area contributed by atoms with Gasteiger partial charge in [0.1, 0.15) is 0 Å². The minimum Gasteiger partial charge on any atom is -0.338 e. The molecule has 3 rings (SSSR count). The van der Waals surface area contributed by atoms with E-state index >= 15 is 0 Å². The molecule has 2 saturated heterocycles. The number of halogens is 1. The molecule has 2 fully saturated rings. The Balaban J connectivity index is 0.00000320. The number of nitrogens with zero attached hydrogens (tertiary/aromatic N) is 3. The van der Waals surface area contributed by atoms with E-state index in [2.05, 4.69) is 15.1 Å². The summed E-state index contributed by atoms with van der Waals surface area (Å²) in [6.45, 7) is 8.82. The minimum atomic E-state index is -3.20. The van der Waals surface area contributed by atoms with E-state index in [1.165, 1.54) is 6.26 Å². The first kappa shape index (κ1) is 24.9. The van der Waals surface area contributed by atoms with Gasteiger partial charge in [-0.05, 0) is 50.9 Å². The lowest BCUT2D eigenvalue weighted by atomic mass is 10.0. The van der Waals surface area contributed by atoms with Crippen LogP contribution in [0.25, 0.3) is 0 Å². The Bertz CT molecular complexity index is 797. The molecule has 0 unspecified atom stereocenters. The van der Waals surface area contributed by atoms with Gasteiger partial charge in [0.2, 0.25) is 0 Å². The average molecular weight is 459 g/mol. The molecule has 2 aliphatic heterocycles. The van der Waals surface area contributed by atoms with Crippen LogP contribution in [0.3, 0.4) is 0 Å². The lowest BCUT2D eigenvalue weighted by molar-refractivity contribution is 0.107. The smallest absolute Gasteiger partial charge is 0.317 e. The lowest BCUT2D eigenvalue weighted by Crippen LogP contribution is -2.46. The number of hydrogen-bond donors (Lipinski definition) is 1. The molecule has 2 heterocycles. The van der Waals surface area contributed by atoms with Gasteiger partial charge in [-0.2, -0.15) is 0 Å². The SMILES string of the molecule is CCNC(=O)N1CCCN(C2CCN(Cc3ccccc3S(C)(=O)=O)CC2)CC1.Cl. The van der Waals surface area contributed by atoms with Crippen molar-refractivity contribution < 1.29 is 13.2 Å². The Morgan fingerprint density at radius 3 is 2.43 bits per heavy atom. The molecular formula is C21H35ClN4O3S. The molecule has 1 aromatic rings. The minimum absolute atomic E-state index is 0. The first-order chi connectivity index (χ1) is 13.9. The van der Waals surface area contributed by atoms with Crippen molar-refractivity contribution in [3.63, 3.8) is 0 Å². The molecule has 170 valence electrons. The van der Waals surface area contributed by atoms with Crippen LogP contribution in [0, 0.1) is 0 Å². The summed E-state index contributed by atoms with van der Waals surface area (Å²) < 4.78 is 24.1. The van der Waals surface area contributed by atoms with Gasteiger partial charge in [0.05, 0.1) is 4.90 Å². The van der Waals surface area contributed by atoms with Crippen LogP contribution in [-0.4, -0.2) is 87.3 Å². The summed E-state index contributed by atoms with van der Waals surface area (Å²) in [4.78, 5) is 19.4.